The number of carbonyl (C=O) groups excluding carboxylic acids is 1. The standard InChI is InChI=1S/C15H19N5O2/c1-10-13(11(2)22-19-10)9-20-6-3-12(8-20)18-15(21)14-7-16-4-5-17-14/h4-5,7,12H,3,6,8-9H2,1-2H3,(H,18,21). The van der Waals surface area contributed by atoms with Crippen molar-refractivity contribution in [1.82, 2.24) is 25.3 Å². The van der Waals surface area contributed by atoms with Crippen molar-refractivity contribution in [3.05, 3.63) is 41.3 Å². The lowest BCUT2D eigenvalue weighted by molar-refractivity contribution is 0.0932. The Balaban J connectivity index is 1.55. The van der Waals surface area contributed by atoms with E-state index in [2.05, 4.69) is 25.3 Å². The van der Waals surface area contributed by atoms with E-state index in [4.69, 9.17) is 4.52 Å². The molecule has 1 atom stereocenters. The first-order valence-electron chi connectivity index (χ1n) is 7.34. The molecule has 0 bridgehead atoms. The molecule has 2 aromatic rings. The Kier molecular flexibility index (Phi) is 4.15. The van der Waals surface area contributed by atoms with Gasteiger partial charge < -0.3 is 9.84 Å². The topological polar surface area (TPSA) is 84.2 Å². The van der Waals surface area contributed by atoms with Gasteiger partial charge in [0.05, 0.1) is 11.9 Å². The molecule has 2 aromatic heterocycles. The van der Waals surface area contributed by atoms with Gasteiger partial charge in [-0.1, -0.05) is 5.16 Å². The van der Waals surface area contributed by atoms with Gasteiger partial charge in [-0.05, 0) is 20.3 Å². The van der Waals surface area contributed by atoms with Crippen LogP contribution in [0.5, 0.6) is 0 Å². The van der Waals surface area contributed by atoms with Crippen molar-refractivity contribution >= 4 is 5.91 Å². The van der Waals surface area contributed by atoms with E-state index in [1.807, 2.05) is 13.8 Å². The fraction of sp³-hybridized carbons (Fsp3) is 0.467. The average molecular weight is 301 g/mol. The maximum absolute atomic E-state index is 12.1. The summed E-state index contributed by atoms with van der Waals surface area (Å²) in [4.78, 5) is 22.3. The van der Waals surface area contributed by atoms with Crippen molar-refractivity contribution < 1.29 is 9.32 Å². The molecule has 1 amide bonds. The minimum absolute atomic E-state index is 0.134. The summed E-state index contributed by atoms with van der Waals surface area (Å²) in [7, 11) is 0. The molecule has 1 N–H and O–H groups in total. The molecule has 0 spiro atoms. The summed E-state index contributed by atoms with van der Waals surface area (Å²) in [5.74, 6) is 0.696. The molecule has 1 fully saturated rings. The van der Waals surface area contributed by atoms with Crippen LogP contribution in [0.15, 0.2) is 23.1 Å². The van der Waals surface area contributed by atoms with E-state index in [-0.39, 0.29) is 11.9 Å². The van der Waals surface area contributed by atoms with Crippen LogP contribution in [0, 0.1) is 13.8 Å². The number of carbonyl (C=O) groups is 1. The van der Waals surface area contributed by atoms with E-state index >= 15 is 0 Å². The highest BCUT2D eigenvalue weighted by Gasteiger charge is 2.26. The number of nitrogens with one attached hydrogen (secondary N) is 1. The second kappa shape index (κ2) is 6.23. The third kappa shape index (κ3) is 3.14. The van der Waals surface area contributed by atoms with Crippen LogP contribution in [-0.2, 0) is 6.54 Å². The van der Waals surface area contributed by atoms with Gasteiger partial charge in [0.15, 0.2) is 0 Å². The van der Waals surface area contributed by atoms with Crippen molar-refractivity contribution in [2.45, 2.75) is 32.9 Å². The van der Waals surface area contributed by atoms with Crippen LogP contribution in [0.3, 0.4) is 0 Å². The Labute approximate surface area is 128 Å². The maximum atomic E-state index is 12.1. The monoisotopic (exact) mass is 301 g/mol. The highest BCUT2D eigenvalue weighted by molar-refractivity contribution is 5.92. The summed E-state index contributed by atoms with van der Waals surface area (Å²) in [6.45, 7) is 6.44. The molecule has 0 aliphatic carbocycles. The lowest BCUT2D eigenvalue weighted by Crippen LogP contribution is -2.37. The number of aromatic nitrogens is 3. The summed E-state index contributed by atoms with van der Waals surface area (Å²) in [5.41, 5.74) is 2.43. The van der Waals surface area contributed by atoms with Crippen molar-refractivity contribution in [3.8, 4) is 0 Å². The Morgan fingerprint density at radius 2 is 2.32 bits per heavy atom. The number of amides is 1. The molecule has 3 rings (SSSR count). The third-order valence-electron chi connectivity index (χ3n) is 3.97. The van der Waals surface area contributed by atoms with Gasteiger partial charge in [-0.2, -0.15) is 0 Å². The normalized spacial score (nSPS) is 18.5. The number of likely N-dealkylation sites (tertiary alicyclic amines) is 1. The molecule has 0 saturated carbocycles. The summed E-state index contributed by atoms with van der Waals surface area (Å²) in [5, 5.41) is 6.99. The molecule has 1 saturated heterocycles. The molecule has 1 unspecified atom stereocenters. The van der Waals surface area contributed by atoms with E-state index in [0.29, 0.717) is 5.69 Å². The van der Waals surface area contributed by atoms with Gasteiger partial charge in [-0.3, -0.25) is 14.7 Å². The van der Waals surface area contributed by atoms with E-state index < -0.39 is 0 Å². The van der Waals surface area contributed by atoms with Gasteiger partial charge in [0, 0.05) is 43.6 Å². The maximum Gasteiger partial charge on any atom is 0.271 e. The quantitative estimate of drug-likeness (QED) is 0.910. The minimum atomic E-state index is -0.169. The van der Waals surface area contributed by atoms with Crippen LogP contribution in [-0.4, -0.2) is 45.1 Å². The summed E-state index contributed by atoms with van der Waals surface area (Å²) < 4.78 is 5.19. The van der Waals surface area contributed by atoms with Gasteiger partial charge in [0.2, 0.25) is 0 Å². The van der Waals surface area contributed by atoms with Gasteiger partial charge in [0.1, 0.15) is 11.5 Å². The number of hydrogen-bond donors (Lipinski definition) is 1. The first-order valence-corrected chi connectivity index (χ1v) is 7.34. The molecule has 7 heteroatoms. The number of hydrogen-bond acceptors (Lipinski definition) is 6. The molecule has 22 heavy (non-hydrogen) atoms. The van der Waals surface area contributed by atoms with Crippen molar-refractivity contribution in [2.75, 3.05) is 13.1 Å². The predicted octanol–water partition coefficient (Wildman–Crippen LogP) is 1.09. The molecule has 116 valence electrons. The van der Waals surface area contributed by atoms with Crippen LogP contribution in [0.1, 0.15) is 33.9 Å². The molecule has 7 nitrogen and oxygen atoms in total. The van der Waals surface area contributed by atoms with E-state index in [0.717, 1.165) is 43.1 Å². The first-order chi connectivity index (χ1) is 10.6. The first kappa shape index (κ1) is 14.6. The second-order valence-electron chi connectivity index (χ2n) is 5.59. The molecule has 1 aliphatic rings. The fourth-order valence-corrected chi connectivity index (χ4v) is 2.72. The van der Waals surface area contributed by atoms with E-state index in [9.17, 15) is 4.79 Å². The van der Waals surface area contributed by atoms with Crippen molar-refractivity contribution in [1.29, 1.82) is 0 Å². The Bertz CT molecular complexity index is 636. The van der Waals surface area contributed by atoms with E-state index in [1.165, 1.54) is 12.4 Å². The molecule has 0 radical (unpaired) electrons. The lowest BCUT2D eigenvalue weighted by Gasteiger charge is -2.16. The number of rotatable bonds is 4. The molecular weight excluding hydrogens is 282 g/mol. The second-order valence-corrected chi connectivity index (χ2v) is 5.59. The zero-order chi connectivity index (χ0) is 15.5. The Morgan fingerprint density at radius 3 is 3.00 bits per heavy atom. The van der Waals surface area contributed by atoms with Gasteiger partial charge in [0.25, 0.3) is 5.91 Å². The minimum Gasteiger partial charge on any atom is -0.361 e. The lowest BCUT2D eigenvalue weighted by atomic mass is 10.2. The van der Waals surface area contributed by atoms with Gasteiger partial charge in [-0.15, -0.1) is 0 Å². The SMILES string of the molecule is Cc1noc(C)c1CN1CCC(NC(=O)c2cnccn2)C1. The van der Waals surface area contributed by atoms with Gasteiger partial charge >= 0.3 is 0 Å². The Morgan fingerprint density at radius 1 is 1.45 bits per heavy atom. The summed E-state index contributed by atoms with van der Waals surface area (Å²) in [6.07, 6.45) is 5.48. The largest absolute Gasteiger partial charge is 0.361 e. The molecular formula is C15H19N5O2. The predicted molar refractivity (Wildman–Crippen MR) is 79.2 cm³/mol. The highest BCUT2D eigenvalue weighted by Crippen LogP contribution is 2.18. The number of aryl methyl sites for hydroxylation is 2. The van der Waals surface area contributed by atoms with Crippen LogP contribution in [0.2, 0.25) is 0 Å². The van der Waals surface area contributed by atoms with Crippen LogP contribution in [0.25, 0.3) is 0 Å². The van der Waals surface area contributed by atoms with Crippen LogP contribution < -0.4 is 5.32 Å². The van der Waals surface area contributed by atoms with Crippen molar-refractivity contribution in [3.63, 3.8) is 0 Å². The highest BCUT2D eigenvalue weighted by atomic mass is 16.5. The fourth-order valence-electron chi connectivity index (χ4n) is 2.72. The van der Waals surface area contributed by atoms with Crippen molar-refractivity contribution in [2.24, 2.45) is 0 Å². The molecule has 3 heterocycles. The smallest absolute Gasteiger partial charge is 0.271 e. The summed E-state index contributed by atoms with van der Waals surface area (Å²) >= 11 is 0. The van der Waals surface area contributed by atoms with E-state index in [1.54, 1.807) is 6.20 Å². The Hall–Kier alpha value is -2.28. The number of nitrogens with zero attached hydrogens (tertiary/aromatic N) is 4. The van der Waals surface area contributed by atoms with Crippen LogP contribution >= 0.6 is 0 Å². The average Bonchev–Trinajstić information content (AvgIpc) is 3.10. The van der Waals surface area contributed by atoms with Crippen LogP contribution in [0.4, 0.5) is 0 Å². The summed E-state index contributed by atoms with van der Waals surface area (Å²) in [6, 6.07) is 0.134. The zero-order valence-corrected chi connectivity index (χ0v) is 12.7. The third-order valence-corrected chi connectivity index (χ3v) is 3.97. The molecule has 1 aliphatic heterocycles. The van der Waals surface area contributed by atoms with Gasteiger partial charge in [-0.25, -0.2) is 4.98 Å². The molecule has 0 aromatic carbocycles. The zero-order valence-electron chi connectivity index (χ0n) is 12.7.